The normalized spacial score (nSPS) is 12.4. The van der Waals surface area contributed by atoms with Gasteiger partial charge >= 0.3 is 0 Å². The molecule has 1 unspecified atom stereocenters. The third kappa shape index (κ3) is 3.54. The predicted octanol–water partition coefficient (Wildman–Crippen LogP) is 3.67. The number of halogens is 3. The lowest BCUT2D eigenvalue weighted by Gasteiger charge is -2.17. The van der Waals surface area contributed by atoms with Gasteiger partial charge in [-0.25, -0.2) is 8.78 Å². The van der Waals surface area contributed by atoms with Gasteiger partial charge in [-0.15, -0.1) is 0 Å². The van der Waals surface area contributed by atoms with E-state index in [9.17, 15) is 8.78 Å². The number of benzene rings is 2. The Labute approximate surface area is 121 Å². The van der Waals surface area contributed by atoms with Crippen molar-refractivity contribution >= 4 is 11.6 Å². The molecule has 3 N–H and O–H groups in total. The van der Waals surface area contributed by atoms with Crippen LogP contribution >= 0.6 is 11.6 Å². The fraction of sp³-hybridized carbons (Fsp3) is 0.200. The van der Waals surface area contributed by atoms with Gasteiger partial charge in [0.2, 0.25) is 0 Å². The summed E-state index contributed by atoms with van der Waals surface area (Å²) in [5.74, 6) is 3.84. The average Bonchev–Trinajstić information content (AvgIpc) is 2.38. The van der Waals surface area contributed by atoms with Crippen molar-refractivity contribution in [2.75, 3.05) is 0 Å². The Kier molecular flexibility index (Phi) is 4.70. The van der Waals surface area contributed by atoms with Crippen molar-refractivity contribution in [2.45, 2.75) is 19.4 Å². The molecule has 20 heavy (non-hydrogen) atoms. The number of nitrogens with two attached hydrogens (primary N) is 1. The molecule has 0 fully saturated rings. The smallest absolute Gasteiger partial charge is 0.159 e. The van der Waals surface area contributed by atoms with Gasteiger partial charge < -0.3 is 0 Å². The lowest BCUT2D eigenvalue weighted by molar-refractivity contribution is 0.502. The minimum absolute atomic E-state index is 0.225. The number of hydrazine groups is 1. The molecule has 2 nitrogen and oxygen atoms in total. The molecule has 0 bridgehead atoms. The average molecular weight is 297 g/mol. The van der Waals surface area contributed by atoms with E-state index in [1.165, 1.54) is 6.07 Å². The van der Waals surface area contributed by atoms with Crippen molar-refractivity contribution in [1.82, 2.24) is 5.43 Å². The maximum atomic E-state index is 13.2. The maximum Gasteiger partial charge on any atom is 0.159 e. The van der Waals surface area contributed by atoms with Crippen LogP contribution in [0.5, 0.6) is 0 Å². The summed E-state index contributed by atoms with van der Waals surface area (Å²) in [5.41, 5.74) is 5.25. The molecule has 0 amide bonds. The Bertz CT molecular complexity index is 597. The molecule has 0 heterocycles. The van der Waals surface area contributed by atoms with Crippen LogP contribution < -0.4 is 11.3 Å². The molecule has 0 aromatic heterocycles. The van der Waals surface area contributed by atoms with Crippen molar-refractivity contribution in [3.63, 3.8) is 0 Å². The molecule has 0 aliphatic heterocycles. The van der Waals surface area contributed by atoms with E-state index < -0.39 is 11.6 Å². The van der Waals surface area contributed by atoms with Crippen LogP contribution in [0.25, 0.3) is 0 Å². The molecule has 0 aliphatic rings. The van der Waals surface area contributed by atoms with E-state index in [1.807, 2.05) is 19.1 Å². The zero-order valence-corrected chi connectivity index (χ0v) is 11.7. The summed E-state index contributed by atoms with van der Waals surface area (Å²) in [6, 6.07) is 9.21. The molecule has 0 aliphatic carbocycles. The minimum Gasteiger partial charge on any atom is -0.271 e. The first kappa shape index (κ1) is 14.9. The first-order valence-electron chi connectivity index (χ1n) is 6.16. The van der Waals surface area contributed by atoms with E-state index in [0.717, 1.165) is 17.2 Å². The number of hydrogen-bond acceptors (Lipinski definition) is 2. The van der Waals surface area contributed by atoms with Crippen molar-refractivity contribution in [3.05, 3.63) is 69.7 Å². The van der Waals surface area contributed by atoms with Crippen molar-refractivity contribution in [2.24, 2.45) is 5.84 Å². The molecule has 2 aromatic carbocycles. The summed E-state index contributed by atoms with van der Waals surface area (Å²) in [7, 11) is 0. The summed E-state index contributed by atoms with van der Waals surface area (Å²) >= 11 is 6.02. The largest absolute Gasteiger partial charge is 0.271 e. The van der Waals surface area contributed by atoms with Crippen molar-refractivity contribution in [3.8, 4) is 0 Å². The summed E-state index contributed by atoms with van der Waals surface area (Å²) in [4.78, 5) is 0. The van der Waals surface area contributed by atoms with E-state index in [1.54, 1.807) is 12.1 Å². The number of nitrogens with one attached hydrogen (secondary N) is 1. The molecule has 0 saturated carbocycles. The van der Waals surface area contributed by atoms with Gasteiger partial charge in [-0.1, -0.05) is 23.7 Å². The molecule has 2 aromatic rings. The van der Waals surface area contributed by atoms with Crippen LogP contribution in [-0.4, -0.2) is 0 Å². The van der Waals surface area contributed by atoms with Crippen molar-refractivity contribution in [1.29, 1.82) is 0 Å². The Balaban J connectivity index is 2.26. The molecule has 0 spiro atoms. The molecular formula is C15H15ClF2N2. The Morgan fingerprint density at radius 1 is 1.15 bits per heavy atom. The van der Waals surface area contributed by atoms with Gasteiger partial charge in [0.15, 0.2) is 11.6 Å². The Morgan fingerprint density at radius 2 is 1.90 bits per heavy atom. The molecule has 106 valence electrons. The standard InChI is InChI=1S/C15H15ClF2N2/c1-9-4-11(8-12(16)5-9)15(20-19)7-10-2-3-13(17)14(18)6-10/h2-6,8,15,20H,7,19H2,1H3. The highest BCUT2D eigenvalue weighted by molar-refractivity contribution is 6.30. The van der Waals surface area contributed by atoms with Crippen LogP contribution in [0.1, 0.15) is 22.7 Å². The fourth-order valence-corrected chi connectivity index (χ4v) is 2.44. The van der Waals surface area contributed by atoms with E-state index >= 15 is 0 Å². The first-order chi connectivity index (χ1) is 9.49. The van der Waals surface area contributed by atoms with Gasteiger partial charge in [-0.05, 0) is 54.3 Å². The van der Waals surface area contributed by atoms with Crippen LogP contribution in [0.15, 0.2) is 36.4 Å². The van der Waals surface area contributed by atoms with Gasteiger partial charge in [0.05, 0.1) is 6.04 Å². The molecule has 0 saturated heterocycles. The molecule has 2 rings (SSSR count). The van der Waals surface area contributed by atoms with Gasteiger partial charge in [-0.2, -0.15) is 0 Å². The maximum absolute atomic E-state index is 13.2. The minimum atomic E-state index is -0.861. The second-order valence-corrected chi connectivity index (χ2v) is 5.17. The van der Waals surface area contributed by atoms with Crippen LogP contribution in [0.4, 0.5) is 8.78 Å². The first-order valence-corrected chi connectivity index (χ1v) is 6.54. The molecule has 1 atom stereocenters. The second-order valence-electron chi connectivity index (χ2n) is 4.73. The highest BCUT2D eigenvalue weighted by Gasteiger charge is 2.13. The van der Waals surface area contributed by atoms with Gasteiger partial charge in [0.1, 0.15) is 0 Å². The fourth-order valence-electron chi connectivity index (χ4n) is 2.14. The Morgan fingerprint density at radius 3 is 2.50 bits per heavy atom. The van der Waals surface area contributed by atoms with Crippen LogP contribution in [0.2, 0.25) is 5.02 Å². The lowest BCUT2D eigenvalue weighted by Crippen LogP contribution is -2.29. The lowest BCUT2D eigenvalue weighted by atomic mass is 9.98. The number of rotatable bonds is 4. The van der Waals surface area contributed by atoms with E-state index in [2.05, 4.69) is 5.43 Å². The SMILES string of the molecule is Cc1cc(Cl)cc(C(Cc2ccc(F)c(F)c2)NN)c1. The highest BCUT2D eigenvalue weighted by Crippen LogP contribution is 2.23. The molecule has 5 heteroatoms. The summed E-state index contributed by atoms with van der Waals surface area (Å²) in [6.07, 6.45) is 0.438. The quantitative estimate of drug-likeness (QED) is 0.667. The van der Waals surface area contributed by atoms with Crippen LogP contribution in [0, 0.1) is 18.6 Å². The zero-order valence-electron chi connectivity index (χ0n) is 11.0. The summed E-state index contributed by atoms with van der Waals surface area (Å²) < 4.78 is 26.1. The van der Waals surface area contributed by atoms with E-state index in [0.29, 0.717) is 17.0 Å². The van der Waals surface area contributed by atoms with Crippen molar-refractivity contribution < 1.29 is 8.78 Å². The van der Waals surface area contributed by atoms with Crippen LogP contribution in [-0.2, 0) is 6.42 Å². The highest BCUT2D eigenvalue weighted by atomic mass is 35.5. The van der Waals surface area contributed by atoms with Crippen LogP contribution in [0.3, 0.4) is 0 Å². The molecule has 0 radical (unpaired) electrons. The van der Waals surface area contributed by atoms with E-state index in [-0.39, 0.29) is 6.04 Å². The topological polar surface area (TPSA) is 38.0 Å². The van der Waals surface area contributed by atoms with Gasteiger partial charge in [0, 0.05) is 5.02 Å². The molecular weight excluding hydrogens is 282 g/mol. The van der Waals surface area contributed by atoms with E-state index in [4.69, 9.17) is 17.4 Å². The predicted molar refractivity (Wildman–Crippen MR) is 76.3 cm³/mol. The zero-order chi connectivity index (χ0) is 14.7. The van der Waals surface area contributed by atoms with Gasteiger partial charge in [0.25, 0.3) is 0 Å². The number of hydrogen-bond donors (Lipinski definition) is 2. The third-order valence-electron chi connectivity index (χ3n) is 3.09. The number of aryl methyl sites for hydroxylation is 1. The van der Waals surface area contributed by atoms with Gasteiger partial charge in [-0.3, -0.25) is 11.3 Å². The third-order valence-corrected chi connectivity index (χ3v) is 3.31. The Hall–Kier alpha value is -1.49. The second kappa shape index (κ2) is 6.31. The monoisotopic (exact) mass is 296 g/mol. The summed E-state index contributed by atoms with van der Waals surface area (Å²) in [5, 5.41) is 0.616. The summed E-state index contributed by atoms with van der Waals surface area (Å²) in [6.45, 7) is 1.93.